The highest BCUT2D eigenvalue weighted by Gasteiger charge is 2.20. The lowest BCUT2D eigenvalue weighted by Gasteiger charge is -2.00. The van der Waals surface area contributed by atoms with Crippen molar-refractivity contribution in [2.75, 3.05) is 0 Å². The van der Waals surface area contributed by atoms with Crippen molar-refractivity contribution in [1.29, 1.82) is 0 Å². The van der Waals surface area contributed by atoms with Gasteiger partial charge in [-0.25, -0.2) is 9.98 Å². The van der Waals surface area contributed by atoms with Crippen molar-refractivity contribution in [3.63, 3.8) is 0 Å². The van der Waals surface area contributed by atoms with Gasteiger partial charge in [-0.3, -0.25) is 4.79 Å². The zero-order chi connectivity index (χ0) is 11.8. The highest BCUT2D eigenvalue weighted by atomic mass is 16.1. The Morgan fingerprint density at radius 1 is 1.00 bits per heavy atom. The number of hydrogen-bond acceptors (Lipinski definition) is 3. The monoisotopic (exact) mass is 223 g/mol. The van der Waals surface area contributed by atoms with E-state index in [0.717, 1.165) is 10.9 Å². The molecule has 0 saturated heterocycles. The Morgan fingerprint density at radius 2 is 1.82 bits per heavy atom. The number of pyridine rings is 1. The van der Waals surface area contributed by atoms with Crippen LogP contribution in [0.15, 0.2) is 46.4 Å². The van der Waals surface area contributed by atoms with E-state index >= 15 is 0 Å². The van der Waals surface area contributed by atoms with E-state index in [4.69, 9.17) is 0 Å². The summed E-state index contributed by atoms with van der Waals surface area (Å²) >= 11 is 0. The molecule has 0 spiro atoms. The van der Waals surface area contributed by atoms with Crippen molar-refractivity contribution in [1.82, 2.24) is 4.98 Å². The number of aromatic nitrogens is 1. The number of benzene rings is 1. The summed E-state index contributed by atoms with van der Waals surface area (Å²) in [5.41, 5.74) is 1.76. The summed E-state index contributed by atoms with van der Waals surface area (Å²) in [5, 5.41) is 1.04. The number of aliphatic imine (C=N–C) groups is 2. The molecule has 0 atom stereocenters. The molecule has 0 bridgehead atoms. The molecule has 1 aliphatic rings. The fourth-order valence-corrected chi connectivity index (χ4v) is 1.80. The van der Waals surface area contributed by atoms with Gasteiger partial charge in [0.25, 0.3) is 5.91 Å². The molecule has 1 aromatic heterocycles. The third kappa shape index (κ3) is 1.63. The second kappa shape index (κ2) is 3.59. The number of amides is 1. The molecule has 3 rings (SSSR count). The number of carbonyl (C=O) groups excluding carboxylic acids is 1. The van der Waals surface area contributed by atoms with Crippen molar-refractivity contribution in [2.45, 2.75) is 6.92 Å². The molecule has 17 heavy (non-hydrogen) atoms. The van der Waals surface area contributed by atoms with Gasteiger partial charge in [-0.05, 0) is 19.1 Å². The molecule has 1 aromatic carbocycles. The maximum absolute atomic E-state index is 11.6. The van der Waals surface area contributed by atoms with Gasteiger partial charge in [0, 0.05) is 5.39 Å². The lowest BCUT2D eigenvalue weighted by atomic mass is 10.1. The van der Waals surface area contributed by atoms with Gasteiger partial charge >= 0.3 is 0 Å². The minimum Gasteiger partial charge on any atom is -0.265 e. The van der Waals surface area contributed by atoms with Crippen LogP contribution in [0, 0.1) is 0 Å². The van der Waals surface area contributed by atoms with Crippen molar-refractivity contribution in [3.8, 4) is 0 Å². The standard InChI is InChI=1S/C13H9N3O/c1-8-14-12(13(17)15-8)11-7-6-9-4-2-3-5-10(9)16-11/h2-7H,1H3. The van der Waals surface area contributed by atoms with Crippen LogP contribution in [0.2, 0.25) is 0 Å². The first-order chi connectivity index (χ1) is 8.24. The van der Waals surface area contributed by atoms with Gasteiger partial charge in [-0.15, -0.1) is 0 Å². The van der Waals surface area contributed by atoms with Gasteiger partial charge < -0.3 is 0 Å². The summed E-state index contributed by atoms with van der Waals surface area (Å²) in [6.45, 7) is 1.70. The van der Waals surface area contributed by atoms with Crippen LogP contribution in [0.3, 0.4) is 0 Å². The number of para-hydroxylation sites is 1. The second-order valence-electron chi connectivity index (χ2n) is 3.81. The van der Waals surface area contributed by atoms with E-state index in [1.165, 1.54) is 0 Å². The molecule has 1 aliphatic heterocycles. The fourth-order valence-electron chi connectivity index (χ4n) is 1.80. The van der Waals surface area contributed by atoms with E-state index in [1.54, 1.807) is 13.0 Å². The predicted octanol–water partition coefficient (Wildman–Crippen LogP) is 1.98. The third-order valence-electron chi connectivity index (χ3n) is 2.58. The molecule has 2 heterocycles. The third-order valence-corrected chi connectivity index (χ3v) is 2.58. The molecule has 82 valence electrons. The van der Waals surface area contributed by atoms with Crippen LogP contribution in [0.4, 0.5) is 0 Å². The Morgan fingerprint density at radius 3 is 2.59 bits per heavy atom. The van der Waals surface area contributed by atoms with Crippen LogP contribution in [0.25, 0.3) is 10.9 Å². The molecule has 1 amide bonds. The largest absolute Gasteiger partial charge is 0.299 e. The number of carbonyl (C=O) groups is 1. The van der Waals surface area contributed by atoms with Crippen molar-refractivity contribution >= 4 is 28.4 Å². The molecule has 0 radical (unpaired) electrons. The second-order valence-corrected chi connectivity index (χ2v) is 3.81. The summed E-state index contributed by atoms with van der Waals surface area (Å²) in [5.74, 6) is 0.172. The topological polar surface area (TPSA) is 54.7 Å². The van der Waals surface area contributed by atoms with Gasteiger partial charge in [0.2, 0.25) is 0 Å². The Kier molecular flexibility index (Phi) is 2.08. The molecule has 2 aromatic rings. The van der Waals surface area contributed by atoms with Gasteiger partial charge in [0.05, 0.1) is 11.2 Å². The molecule has 0 unspecified atom stereocenters. The Hall–Kier alpha value is -2.36. The SMILES string of the molecule is CC1=NC(=O)C(c2ccc3ccccc3n2)=N1. The zero-order valence-electron chi connectivity index (χ0n) is 9.21. The fraction of sp³-hybridized carbons (Fsp3) is 0.0769. The summed E-state index contributed by atoms with van der Waals surface area (Å²) in [6, 6.07) is 11.5. The molecule has 4 heteroatoms. The first-order valence-corrected chi connectivity index (χ1v) is 5.28. The highest BCUT2D eigenvalue weighted by Crippen LogP contribution is 2.14. The van der Waals surface area contributed by atoms with Gasteiger partial charge in [0.1, 0.15) is 5.84 Å². The van der Waals surface area contributed by atoms with Crippen LogP contribution >= 0.6 is 0 Å². The van der Waals surface area contributed by atoms with E-state index in [9.17, 15) is 4.79 Å². The number of nitrogens with zero attached hydrogens (tertiary/aromatic N) is 3. The highest BCUT2D eigenvalue weighted by molar-refractivity contribution is 6.50. The van der Waals surface area contributed by atoms with Crippen LogP contribution in [0.5, 0.6) is 0 Å². The first kappa shape index (κ1) is 9.84. The minimum absolute atomic E-state index is 0.315. The Labute approximate surface area is 97.7 Å². The lowest BCUT2D eigenvalue weighted by Crippen LogP contribution is -2.11. The van der Waals surface area contributed by atoms with E-state index in [1.807, 2.05) is 30.3 Å². The van der Waals surface area contributed by atoms with Crippen LogP contribution < -0.4 is 0 Å². The number of fused-ring (bicyclic) bond motifs is 1. The summed E-state index contributed by atoms with van der Waals surface area (Å²) in [4.78, 5) is 23.8. The van der Waals surface area contributed by atoms with E-state index in [-0.39, 0.29) is 5.91 Å². The molecule has 4 nitrogen and oxygen atoms in total. The maximum atomic E-state index is 11.6. The molecule has 0 aliphatic carbocycles. The Balaban J connectivity index is 2.14. The molecular formula is C13H9N3O. The normalized spacial score (nSPS) is 15.0. The quantitative estimate of drug-likeness (QED) is 0.742. The molecule has 0 fully saturated rings. The number of hydrogen-bond donors (Lipinski definition) is 0. The smallest absolute Gasteiger partial charge is 0.265 e. The number of amidine groups is 1. The zero-order valence-corrected chi connectivity index (χ0v) is 9.21. The average molecular weight is 223 g/mol. The summed E-state index contributed by atoms with van der Waals surface area (Å²) in [6.07, 6.45) is 0. The van der Waals surface area contributed by atoms with E-state index in [0.29, 0.717) is 17.2 Å². The summed E-state index contributed by atoms with van der Waals surface area (Å²) < 4.78 is 0. The maximum Gasteiger partial charge on any atom is 0.299 e. The van der Waals surface area contributed by atoms with Gasteiger partial charge in [0.15, 0.2) is 5.71 Å². The Bertz CT molecular complexity index is 686. The molecular weight excluding hydrogens is 214 g/mol. The van der Waals surface area contributed by atoms with Crippen molar-refractivity contribution in [2.24, 2.45) is 9.98 Å². The molecule has 0 N–H and O–H groups in total. The molecule has 0 saturated carbocycles. The van der Waals surface area contributed by atoms with Crippen LogP contribution in [-0.2, 0) is 4.79 Å². The predicted molar refractivity (Wildman–Crippen MR) is 66.4 cm³/mol. The first-order valence-electron chi connectivity index (χ1n) is 5.28. The number of rotatable bonds is 1. The van der Waals surface area contributed by atoms with Crippen LogP contribution in [-0.4, -0.2) is 22.4 Å². The average Bonchev–Trinajstić information content (AvgIpc) is 2.68. The van der Waals surface area contributed by atoms with E-state index in [2.05, 4.69) is 15.0 Å². The minimum atomic E-state index is -0.315. The van der Waals surface area contributed by atoms with E-state index < -0.39 is 0 Å². The van der Waals surface area contributed by atoms with Crippen molar-refractivity contribution in [3.05, 3.63) is 42.1 Å². The summed E-state index contributed by atoms with van der Waals surface area (Å²) in [7, 11) is 0. The van der Waals surface area contributed by atoms with Crippen molar-refractivity contribution < 1.29 is 4.79 Å². The van der Waals surface area contributed by atoms with Crippen LogP contribution in [0.1, 0.15) is 12.6 Å². The lowest BCUT2D eigenvalue weighted by molar-refractivity contribution is -0.111. The van der Waals surface area contributed by atoms with Gasteiger partial charge in [-0.2, -0.15) is 4.99 Å². The van der Waals surface area contributed by atoms with Gasteiger partial charge in [-0.1, -0.05) is 24.3 Å².